The van der Waals surface area contributed by atoms with Crippen molar-refractivity contribution in [3.8, 4) is 0 Å². The van der Waals surface area contributed by atoms with Crippen LogP contribution in [-0.2, 0) is 0 Å². The summed E-state index contributed by atoms with van der Waals surface area (Å²) in [6.07, 6.45) is 8.31. The fourth-order valence-electron chi connectivity index (χ4n) is 1.37. The van der Waals surface area contributed by atoms with E-state index in [-0.39, 0.29) is 0 Å². The van der Waals surface area contributed by atoms with Crippen molar-refractivity contribution in [2.24, 2.45) is 5.92 Å². The Hall–Kier alpha value is -0.300. The van der Waals surface area contributed by atoms with E-state index in [0.29, 0.717) is 0 Å². The molecule has 1 saturated heterocycles. The SMILES string of the molecule is C/C=C/CC1CC[N]CC1. The molecule has 0 aliphatic carbocycles. The summed E-state index contributed by atoms with van der Waals surface area (Å²) < 4.78 is 0. The molecule has 0 spiro atoms. The van der Waals surface area contributed by atoms with Crippen molar-refractivity contribution in [2.45, 2.75) is 26.2 Å². The molecule has 1 heterocycles. The second-order valence-electron chi connectivity index (χ2n) is 2.92. The molecule has 0 aromatic carbocycles. The van der Waals surface area contributed by atoms with Crippen LogP contribution in [0.3, 0.4) is 0 Å². The first kappa shape index (κ1) is 7.80. The lowest BCUT2D eigenvalue weighted by atomic mass is 9.95. The number of piperidine rings is 1. The minimum Gasteiger partial charge on any atom is -0.242 e. The fraction of sp³-hybridized carbons (Fsp3) is 0.778. The van der Waals surface area contributed by atoms with Gasteiger partial charge < -0.3 is 0 Å². The summed E-state index contributed by atoms with van der Waals surface area (Å²) in [6, 6.07) is 0. The molecule has 0 amide bonds. The molecular weight excluding hydrogens is 122 g/mol. The third-order valence-corrected chi connectivity index (χ3v) is 2.10. The number of rotatable bonds is 2. The highest BCUT2D eigenvalue weighted by Crippen LogP contribution is 2.16. The maximum Gasteiger partial charge on any atom is 0.0136 e. The number of allylic oxidation sites excluding steroid dienone is 2. The Morgan fingerprint density at radius 3 is 2.70 bits per heavy atom. The molecule has 0 aromatic rings. The van der Waals surface area contributed by atoms with Crippen molar-refractivity contribution >= 4 is 0 Å². The maximum atomic E-state index is 4.31. The molecule has 1 aliphatic heterocycles. The lowest BCUT2D eigenvalue weighted by Crippen LogP contribution is -2.21. The van der Waals surface area contributed by atoms with E-state index < -0.39 is 0 Å². The van der Waals surface area contributed by atoms with Gasteiger partial charge >= 0.3 is 0 Å². The Morgan fingerprint density at radius 1 is 1.40 bits per heavy atom. The monoisotopic (exact) mass is 138 g/mol. The minimum atomic E-state index is 0.925. The molecule has 1 aliphatic rings. The second kappa shape index (κ2) is 4.51. The van der Waals surface area contributed by atoms with Crippen LogP contribution < -0.4 is 5.32 Å². The maximum absolute atomic E-state index is 4.31. The van der Waals surface area contributed by atoms with Crippen molar-refractivity contribution in [3.05, 3.63) is 12.2 Å². The Morgan fingerprint density at radius 2 is 2.10 bits per heavy atom. The zero-order valence-electron chi connectivity index (χ0n) is 6.71. The highest BCUT2D eigenvalue weighted by atomic mass is 14.9. The van der Waals surface area contributed by atoms with E-state index in [9.17, 15) is 0 Å². The summed E-state index contributed by atoms with van der Waals surface area (Å²) in [4.78, 5) is 0. The van der Waals surface area contributed by atoms with E-state index >= 15 is 0 Å². The number of hydrogen-bond acceptors (Lipinski definition) is 0. The van der Waals surface area contributed by atoms with E-state index in [1.165, 1.54) is 19.3 Å². The summed E-state index contributed by atoms with van der Waals surface area (Å²) in [5.74, 6) is 0.925. The highest BCUT2D eigenvalue weighted by Gasteiger charge is 2.10. The number of hydrogen-bond donors (Lipinski definition) is 0. The smallest absolute Gasteiger partial charge is 0.0136 e. The van der Waals surface area contributed by atoms with Crippen LogP contribution in [0.2, 0.25) is 0 Å². The molecule has 1 heteroatoms. The summed E-state index contributed by atoms with van der Waals surface area (Å²) in [6.45, 7) is 4.29. The predicted octanol–water partition coefficient (Wildman–Crippen LogP) is 1.97. The Balaban J connectivity index is 2.13. The van der Waals surface area contributed by atoms with Crippen LogP contribution in [0.15, 0.2) is 12.2 Å². The van der Waals surface area contributed by atoms with Gasteiger partial charge in [-0.2, -0.15) is 0 Å². The highest BCUT2D eigenvalue weighted by molar-refractivity contribution is 4.82. The van der Waals surface area contributed by atoms with Crippen molar-refractivity contribution < 1.29 is 0 Å². The fourth-order valence-corrected chi connectivity index (χ4v) is 1.37. The third-order valence-electron chi connectivity index (χ3n) is 2.10. The Bertz CT molecular complexity index is 101. The normalized spacial score (nSPS) is 22.1. The van der Waals surface area contributed by atoms with Crippen LogP contribution >= 0.6 is 0 Å². The minimum absolute atomic E-state index is 0.925. The van der Waals surface area contributed by atoms with E-state index in [1.54, 1.807) is 0 Å². The first-order valence-corrected chi connectivity index (χ1v) is 4.18. The van der Waals surface area contributed by atoms with Gasteiger partial charge in [-0.3, -0.25) is 0 Å². The molecule has 0 bridgehead atoms. The molecule has 0 aromatic heterocycles. The van der Waals surface area contributed by atoms with Crippen molar-refractivity contribution in [2.75, 3.05) is 13.1 Å². The molecule has 1 radical (unpaired) electrons. The second-order valence-corrected chi connectivity index (χ2v) is 2.92. The zero-order chi connectivity index (χ0) is 7.23. The molecule has 57 valence electrons. The van der Waals surface area contributed by atoms with E-state index in [1.807, 2.05) is 0 Å². The summed E-state index contributed by atoms with van der Waals surface area (Å²) in [5.41, 5.74) is 0. The van der Waals surface area contributed by atoms with Gasteiger partial charge in [0.05, 0.1) is 0 Å². The summed E-state index contributed by atoms with van der Waals surface area (Å²) in [5, 5.41) is 4.31. The van der Waals surface area contributed by atoms with Gasteiger partial charge in [0.15, 0.2) is 0 Å². The van der Waals surface area contributed by atoms with Gasteiger partial charge in [-0.05, 0) is 32.1 Å². The molecule has 1 nitrogen and oxygen atoms in total. The lowest BCUT2D eigenvalue weighted by molar-refractivity contribution is 0.372. The lowest BCUT2D eigenvalue weighted by Gasteiger charge is -2.19. The van der Waals surface area contributed by atoms with Crippen molar-refractivity contribution in [3.63, 3.8) is 0 Å². The zero-order valence-corrected chi connectivity index (χ0v) is 6.71. The molecule has 0 unspecified atom stereocenters. The third kappa shape index (κ3) is 2.53. The van der Waals surface area contributed by atoms with E-state index in [4.69, 9.17) is 0 Å². The van der Waals surface area contributed by atoms with Crippen LogP contribution in [0.4, 0.5) is 0 Å². The average Bonchev–Trinajstić information content (AvgIpc) is 2.03. The van der Waals surface area contributed by atoms with Gasteiger partial charge in [0.2, 0.25) is 0 Å². The topological polar surface area (TPSA) is 14.1 Å². The quantitative estimate of drug-likeness (QED) is 0.518. The molecule has 0 atom stereocenters. The van der Waals surface area contributed by atoms with Crippen LogP contribution in [0.25, 0.3) is 0 Å². The molecule has 10 heavy (non-hydrogen) atoms. The average molecular weight is 138 g/mol. The van der Waals surface area contributed by atoms with Gasteiger partial charge in [0.25, 0.3) is 0 Å². The molecule has 0 saturated carbocycles. The van der Waals surface area contributed by atoms with Gasteiger partial charge in [-0.15, -0.1) is 0 Å². The molecule has 1 rings (SSSR count). The van der Waals surface area contributed by atoms with Crippen molar-refractivity contribution in [1.82, 2.24) is 5.32 Å². The summed E-state index contributed by atoms with van der Waals surface area (Å²) >= 11 is 0. The first-order chi connectivity index (χ1) is 4.93. The predicted molar refractivity (Wildman–Crippen MR) is 44.0 cm³/mol. The van der Waals surface area contributed by atoms with Crippen molar-refractivity contribution in [1.29, 1.82) is 0 Å². The summed E-state index contributed by atoms with van der Waals surface area (Å²) in [7, 11) is 0. The van der Waals surface area contributed by atoms with Gasteiger partial charge in [0.1, 0.15) is 0 Å². The van der Waals surface area contributed by atoms with Gasteiger partial charge in [-0.25, -0.2) is 5.32 Å². The van der Waals surface area contributed by atoms with Crippen LogP contribution in [0.5, 0.6) is 0 Å². The Labute approximate surface area is 63.5 Å². The van der Waals surface area contributed by atoms with Gasteiger partial charge in [0, 0.05) is 13.1 Å². The number of nitrogens with zero attached hydrogens (tertiary/aromatic N) is 1. The standard InChI is InChI=1S/C9H16N/c1-2-3-4-9-5-7-10-8-6-9/h2-3,9H,4-8H2,1H3/b3-2+. The Kier molecular flexibility index (Phi) is 3.52. The molecule has 1 fully saturated rings. The van der Waals surface area contributed by atoms with Crippen LogP contribution in [0, 0.1) is 5.92 Å². The van der Waals surface area contributed by atoms with Crippen LogP contribution in [0.1, 0.15) is 26.2 Å². The molecular formula is C9H16N. The van der Waals surface area contributed by atoms with E-state index in [2.05, 4.69) is 24.4 Å². The molecule has 0 N–H and O–H groups in total. The first-order valence-electron chi connectivity index (χ1n) is 4.18. The van der Waals surface area contributed by atoms with Gasteiger partial charge in [-0.1, -0.05) is 12.2 Å². The largest absolute Gasteiger partial charge is 0.242 e. The van der Waals surface area contributed by atoms with Crippen LogP contribution in [-0.4, -0.2) is 13.1 Å². The van der Waals surface area contributed by atoms with E-state index in [0.717, 1.165) is 19.0 Å².